The van der Waals surface area contributed by atoms with E-state index in [1.54, 1.807) is 0 Å². The summed E-state index contributed by atoms with van der Waals surface area (Å²) in [7, 11) is 0. The average Bonchev–Trinajstić information content (AvgIpc) is 3.76. The second kappa shape index (κ2) is 15.3. The largest absolute Gasteiger partial charge is 0.455 e. The van der Waals surface area contributed by atoms with Crippen LogP contribution in [0.4, 0.5) is 0 Å². The molecule has 63 heavy (non-hydrogen) atoms. The van der Waals surface area contributed by atoms with Crippen LogP contribution in [0.1, 0.15) is 22.9 Å². The zero-order valence-corrected chi connectivity index (χ0v) is 34.2. The van der Waals surface area contributed by atoms with Gasteiger partial charge in [0, 0.05) is 43.8 Å². The normalized spacial score (nSPS) is 13.9. The van der Waals surface area contributed by atoms with Crippen LogP contribution in [0, 0.1) is 0 Å². The van der Waals surface area contributed by atoms with Crippen molar-refractivity contribution in [3.63, 3.8) is 0 Å². The highest BCUT2D eigenvalue weighted by atomic mass is 16.3. The molecule has 12 rings (SSSR count). The van der Waals surface area contributed by atoms with Gasteiger partial charge in [0.1, 0.15) is 17.3 Å². The number of rotatable bonds is 7. The molecule has 1 aliphatic rings. The Morgan fingerprint density at radius 3 is 1.57 bits per heavy atom. The Hall–Kier alpha value is -8.34. The van der Waals surface area contributed by atoms with E-state index in [4.69, 9.17) is 14.4 Å². The lowest BCUT2D eigenvalue weighted by Gasteiger charge is -2.25. The standard InChI is InChI=1S/C59H39N3O/c1-4-13-43(14-5-1)53-37-54(62-59(61-53)46-17-8-3-9-18-46)44-33-29-41(30-34-44)39-25-23-38(24-26-39)40-27-31-42(32-28-40)47-20-12-21-48-49-35-36-51-55(58(49)63-57(47)48)50-19-10-11-22-52(50)60-56(51)45-15-6-2-7-16-45/h1-37,59,61H. The first-order chi connectivity index (χ1) is 31.2. The van der Waals surface area contributed by atoms with E-state index in [2.05, 4.69) is 212 Å². The molecule has 0 aliphatic carbocycles. The summed E-state index contributed by atoms with van der Waals surface area (Å²) >= 11 is 0. The first-order valence-electron chi connectivity index (χ1n) is 21.4. The van der Waals surface area contributed by atoms with Crippen molar-refractivity contribution in [3.05, 3.63) is 241 Å². The van der Waals surface area contributed by atoms with Gasteiger partial charge in [-0.25, -0.2) is 4.98 Å². The summed E-state index contributed by atoms with van der Waals surface area (Å²) in [4.78, 5) is 10.3. The van der Waals surface area contributed by atoms with Gasteiger partial charge in [0.2, 0.25) is 0 Å². The molecular formula is C59H39N3O. The summed E-state index contributed by atoms with van der Waals surface area (Å²) in [6.45, 7) is 0. The molecule has 1 N–H and O–H groups in total. The molecule has 0 fully saturated rings. The lowest BCUT2D eigenvalue weighted by Crippen LogP contribution is -2.24. The van der Waals surface area contributed by atoms with Crippen molar-refractivity contribution in [1.82, 2.24) is 10.3 Å². The fraction of sp³-hybridized carbons (Fsp3) is 0.0169. The van der Waals surface area contributed by atoms with E-state index in [0.29, 0.717) is 0 Å². The fourth-order valence-corrected chi connectivity index (χ4v) is 9.13. The van der Waals surface area contributed by atoms with Gasteiger partial charge in [-0.05, 0) is 62.7 Å². The van der Waals surface area contributed by atoms with Crippen LogP contribution in [0.15, 0.2) is 234 Å². The Morgan fingerprint density at radius 2 is 0.905 bits per heavy atom. The monoisotopic (exact) mass is 805 g/mol. The van der Waals surface area contributed by atoms with Crippen molar-refractivity contribution < 1.29 is 4.42 Å². The van der Waals surface area contributed by atoms with E-state index < -0.39 is 0 Å². The molecule has 0 amide bonds. The third kappa shape index (κ3) is 6.57. The van der Waals surface area contributed by atoms with Gasteiger partial charge in [-0.2, -0.15) is 0 Å². The maximum atomic E-state index is 6.97. The van der Waals surface area contributed by atoms with Crippen molar-refractivity contribution in [2.24, 2.45) is 4.99 Å². The van der Waals surface area contributed by atoms with Gasteiger partial charge < -0.3 is 9.73 Å². The summed E-state index contributed by atoms with van der Waals surface area (Å²) in [5.74, 6) is 0. The Kier molecular flexibility index (Phi) is 8.86. The van der Waals surface area contributed by atoms with E-state index in [-0.39, 0.29) is 6.17 Å². The van der Waals surface area contributed by atoms with Crippen LogP contribution in [0.25, 0.3) is 93.9 Å². The molecule has 296 valence electrons. The molecule has 0 bridgehead atoms. The Morgan fingerprint density at radius 1 is 0.381 bits per heavy atom. The first kappa shape index (κ1) is 36.5. The molecule has 4 heteroatoms. The van der Waals surface area contributed by atoms with E-state index in [1.165, 1.54) is 11.1 Å². The number of benzene rings is 9. The van der Waals surface area contributed by atoms with Crippen LogP contribution >= 0.6 is 0 Å². The highest BCUT2D eigenvalue weighted by Crippen LogP contribution is 2.43. The number of para-hydroxylation sites is 2. The molecule has 4 nitrogen and oxygen atoms in total. The van der Waals surface area contributed by atoms with Crippen molar-refractivity contribution in [2.45, 2.75) is 6.17 Å². The zero-order chi connectivity index (χ0) is 41.7. The number of fused-ring (bicyclic) bond motifs is 7. The molecule has 0 spiro atoms. The minimum absolute atomic E-state index is 0.171. The SMILES string of the molecule is C1=C(c2ccccc2)NC(c2ccccc2)N=C1c1ccc(-c2ccc(-c3ccc(-c4cccc5c4oc4c5ccc5c(-c6ccccc6)nc6ccccc6c54)cc3)cc2)cc1. The lowest BCUT2D eigenvalue weighted by atomic mass is 9.96. The number of hydrogen-bond acceptors (Lipinski definition) is 4. The molecule has 0 saturated heterocycles. The summed E-state index contributed by atoms with van der Waals surface area (Å²) < 4.78 is 6.97. The number of pyridine rings is 1. The Bertz CT molecular complexity index is 3540. The molecule has 1 atom stereocenters. The maximum absolute atomic E-state index is 6.97. The first-order valence-corrected chi connectivity index (χ1v) is 21.4. The lowest BCUT2D eigenvalue weighted by molar-refractivity contribution is 0.664. The summed E-state index contributed by atoms with van der Waals surface area (Å²) in [6, 6.07) is 77.0. The zero-order valence-electron chi connectivity index (χ0n) is 34.2. The number of furan rings is 1. The average molecular weight is 806 g/mol. The van der Waals surface area contributed by atoms with Gasteiger partial charge in [-0.15, -0.1) is 0 Å². The minimum Gasteiger partial charge on any atom is -0.455 e. The quantitative estimate of drug-likeness (QED) is 0.163. The van der Waals surface area contributed by atoms with E-state index in [0.717, 1.165) is 105 Å². The molecule has 2 aromatic heterocycles. The maximum Gasteiger partial charge on any atom is 0.145 e. The molecular weight excluding hydrogens is 767 g/mol. The number of nitrogens with one attached hydrogen (secondary N) is 1. The summed E-state index contributed by atoms with van der Waals surface area (Å²) in [5, 5.41) is 9.12. The van der Waals surface area contributed by atoms with Crippen LogP contribution in [-0.2, 0) is 0 Å². The van der Waals surface area contributed by atoms with Gasteiger partial charge >= 0.3 is 0 Å². The summed E-state index contributed by atoms with van der Waals surface area (Å²) in [5.41, 5.74) is 17.0. The molecule has 1 unspecified atom stereocenters. The molecule has 1 aliphatic heterocycles. The van der Waals surface area contributed by atoms with Gasteiger partial charge in [-0.1, -0.05) is 206 Å². The van der Waals surface area contributed by atoms with Crippen molar-refractivity contribution in [3.8, 4) is 44.6 Å². The van der Waals surface area contributed by atoms with E-state index in [9.17, 15) is 0 Å². The Labute approximate surface area is 365 Å². The van der Waals surface area contributed by atoms with Crippen LogP contribution in [-0.4, -0.2) is 10.7 Å². The third-order valence-corrected chi connectivity index (χ3v) is 12.3. The van der Waals surface area contributed by atoms with Crippen LogP contribution in [0.3, 0.4) is 0 Å². The number of aliphatic imine (C=N–C) groups is 1. The predicted molar refractivity (Wildman–Crippen MR) is 262 cm³/mol. The van der Waals surface area contributed by atoms with Gasteiger partial charge in [0.25, 0.3) is 0 Å². The predicted octanol–water partition coefficient (Wildman–Crippen LogP) is 15.1. The van der Waals surface area contributed by atoms with E-state index >= 15 is 0 Å². The van der Waals surface area contributed by atoms with Crippen molar-refractivity contribution in [2.75, 3.05) is 0 Å². The van der Waals surface area contributed by atoms with Crippen LogP contribution in [0.2, 0.25) is 0 Å². The van der Waals surface area contributed by atoms with E-state index in [1.807, 2.05) is 18.2 Å². The number of aromatic nitrogens is 1. The van der Waals surface area contributed by atoms with Crippen LogP contribution in [0.5, 0.6) is 0 Å². The van der Waals surface area contributed by atoms with Gasteiger partial charge in [0.05, 0.1) is 16.9 Å². The number of allylic oxidation sites excluding steroid dienone is 1. The molecule has 0 radical (unpaired) electrons. The Balaban J connectivity index is 0.836. The topological polar surface area (TPSA) is 50.4 Å². The summed E-state index contributed by atoms with van der Waals surface area (Å²) in [6.07, 6.45) is 1.99. The molecule has 0 saturated carbocycles. The molecule has 3 heterocycles. The second-order valence-electron chi connectivity index (χ2n) is 16.1. The third-order valence-electron chi connectivity index (χ3n) is 12.3. The van der Waals surface area contributed by atoms with Gasteiger partial charge in [0.15, 0.2) is 0 Å². The molecule has 11 aromatic rings. The molecule has 9 aromatic carbocycles. The van der Waals surface area contributed by atoms with Crippen LogP contribution < -0.4 is 5.32 Å². The highest BCUT2D eigenvalue weighted by molar-refractivity contribution is 6.25. The van der Waals surface area contributed by atoms with Gasteiger partial charge in [-0.3, -0.25) is 4.99 Å². The van der Waals surface area contributed by atoms with Crippen molar-refractivity contribution >= 4 is 55.0 Å². The second-order valence-corrected chi connectivity index (χ2v) is 16.1. The number of hydrogen-bond donors (Lipinski definition) is 1. The minimum atomic E-state index is -0.171. The number of nitrogens with zero attached hydrogens (tertiary/aromatic N) is 2. The fourth-order valence-electron chi connectivity index (χ4n) is 9.13. The smallest absolute Gasteiger partial charge is 0.145 e. The highest BCUT2D eigenvalue weighted by Gasteiger charge is 2.21. The van der Waals surface area contributed by atoms with Crippen molar-refractivity contribution in [1.29, 1.82) is 0 Å².